The van der Waals surface area contributed by atoms with E-state index in [2.05, 4.69) is 41.4 Å². The molecule has 0 aliphatic carbocycles. The first-order valence-electron chi connectivity index (χ1n) is 6.36. The van der Waals surface area contributed by atoms with Gasteiger partial charge in [-0.15, -0.1) is 0 Å². The molecule has 0 aromatic heterocycles. The molecule has 2 atom stereocenters. The maximum Gasteiger partial charge on any atom is 0.244 e. The van der Waals surface area contributed by atoms with Crippen LogP contribution in [0, 0.1) is 6.92 Å². The number of benzene rings is 1. The largest absolute Gasteiger partial charge is 0.337 e. The number of carbonyl (C=O) groups excluding carboxylic acids is 1. The molecule has 0 radical (unpaired) electrons. The van der Waals surface area contributed by atoms with E-state index in [9.17, 15) is 4.79 Å². The minimum atomic E-state index is -0.134. The summed E-state index contributed by atoms with van der Waals surface area (Å²) < 4.78 is 0. The van der Waals surface area contributed by atoms with Crippen molar-refractivity contribution in [1.82, 2.24) is 10.2 Å². The average Bonchev–Trinajstić information content (AvgIpc) is 2.80. The van der Waals surface area contributed by atoms with Crippen LogP contribution in [0.2, 0.25) is 0 Å². The fourth-order valence-corrected chi connectivity index (χ4v) is 2.86. The van der Waals surface area contributed by atoms with Gasteiger partial charge in [0.15, 0.2) is 0 Å². The lowest BCUT2D eigenvalue weighted by Gasteiger charge is -2.35. The molecule has 2 saturated heterocycles. The SMILES string of the molecule is Cc1ccc(C2NCC3CCCN3C2=O)cc1. The maximum absolute atomic E-state index is 12.4. The second-order valence-electron chi connectivity index (χ2n) is 5.08. The van der Waals surface area contributed by atoms with Crippen molar-refractivity contribution in [1.29, 1.82) is 0 Å². The van der Waals surface area contributed by atoms with Crippen LogP contribution in [-0.2, 0) is 4.79 Å². The highest BCUT2D eigenvalue weighted by molar-refractivity contribution is 5.84. The Balaban J connectivity index is 1.84. The molecule has 1 N–H and O–H groups in total. The van der Waals surface area contributed by atoms with Gasteiger partial charge in [-0.1, -0.05) is 29.8 Å². The molecule has 2 fully saturated rings. The Hall–Kier alpha value is -1.35. The van der Waals surface area contributed by atoms with Crippen molar-refractivity contribution in [3.05, 3.63) is 35.4 Å². The Morgan fingerprint density at radius 2 is 2.06 bits per heavy atom. The summed E-state index contributed by atoms with van der Waals surface area (Å²) in [6.07, 6.45) is 2.30. The number of piperazine rings is 1. The Labute approximate surface area is 102 Å². The second kappa shape index (κ2) is 4.15. The van der Waals surface area contributed by atoms with Gasteiger partial charge in [0, 0.05) is 19.1 Å². The van der Waals surface area contributed by atoms with Crippen LogP contribution in [0.4, 0.5) is 0 Å². The number of rotatable bonds is 1. The molecule has 90 valence electrons. The van der Waals surface area contributed by atoms with E-state index in [-0.39, 0.29) is 11.9 Å². The smallest absolute Gasteiger partial charge is 0.244 e. The number of nitrogens with zero attached hydrogens (tertiary/aromatic N) is 1. The monoisotopic (exact) mass is 230 g/mol. The molecule has 2 unspecified atom stereocenters. The highest BCUT2D eigenvalue weighted by Gasteiger charge is 2.37. The van der Waals surface area contributed by atoms with Crippen LogP contribution in [0.15, 0.2) is 24.3 Å². The van der Waals surface area contributed by atoms with E-state index < -0.39 is 0 Å². The number of hydrogen-bond acceptors (Lipinski definition) is 2. The summed E-state index contributed by atoms with van der Waals surface area (Å²) >= 11 is 0. The molecule has 1 aromatic carbocycles. The van der Waals surface area contributed by atoms with Crippen LogP contribution >= 0.6 is 0 Å². The quantitative estimate of drug-likeness (QED) is 0.795. The lowest BCUT2D eigenvalue weighted by molar-refractivity contribution is -0.137. The van der Waals surface area contributed by atoms with Crippen LogP contribution in [-0.4, -0.2) is 29.9 Å². The highest BCUT2D eigenvalue weighted by Crippen LogP contribution is 2.27. The number of carbonyl (C=O) groups is 1. The van der Waals surface area contributed by atoms with Gasteiger partial charge in [0.1, 0.15) is 6.04 Å². The van der Waals surface area contributed by atoms with Gasteiger partial charge >= 0.3 is 0 Å². The maximum atomic E-state index is 12.4. The molecule has 0 saturated carbocycles. The fraction of sp³-hybridized carbons (Fsp3) is 0.500. The molecule has 2 aliphatic rings. The van der Waals surface area contributed by atoms with Crippen molar-refractivity contribution in [3.8, 4) is 0 Å². The summed E-state index contributed by atoms with van der Waals surface area (Å²) in [4.78, 5) is 14.4. The number of aryl methyl sites for hydroxylation is 1. The zero-order valence-electron chi connectivity index (χ0n) is 10.1. The minimum absolute atomic E-state index is 0.134. The van der Waals surface area contributed by atoms with Crippen LogP contribution in [0.1, 0.15) is 30.0 Å². The van der Waals surface area contributed by atoms with Gasteiger partial charge in [-0.3, -0.25) is 4.79 Å². The summed E-state index contributed by atoms with van der Waals surface area (Å²) in [5.41, 5.74) is 2.32. The number of hydrogen-bond donors (Lipinski definition) is 1. The van der Waals surface area contributed by atoms with Gasteiger partial charge in [-0.05, 0) is 25.3 Å². The molecule has 17 heavy (non-hydrogen) atoms. The standard InChI is InChI=1S/C14H18N2O/c1-10-4-6-11(7-5-10)13-14(17)16-8-2-3-12(16)9-15-13/h4-7,12-13,15H,2-3,8-9H2,1H3. The van der Waals surface area contributed by atoms with Crippen LogP contribution in [0.5, 0.6) is 0 Å². The van der Waals surface area contributed by atoms with Gasteiger partial charge in [0.2, 0.25) is 5.91 Å². The van der Waals surface area contributed by atoms with Crippen molar-refractivity contribution in [2.45, 2.75) is 31.8 Å². The van der Waals surface area contributed by atoms with Crippen molar-refractivity contribution in [2.75, 3.05) is 13.1 Å². The summed E-state index contributed by atoms with van der Waals surface area (Å²) in [5, 5.41) is 3.38. The first-order valence-corrected chi connectivity index (χ1v) is 6.36. The lowest BCUT2D eigenvalue weighted by Crippen LogP contribution is -2.53. The van der Waals surface area contributed by atoms with Crippen molar-refractivity contribution < 1.29 is 4.79 Å². The van der Waals surface area contributed by atoms with E-state index in [1.54, 1.807) is 0 Å². The van der Waals surface area contributed by atoms with Crippen molar-refractivity contribution in [2.24, 2.45) is 0 Å². The molecule has 1 amide bonds. The zero-order chi connectivity index (χ0) is 11.8. The van der Waals surface area contributed by atoms with Gasteiger partial charge in [0.25, 0.3) is 0 Å². The Bertz CT molecular complexity index is 426. The summed E-state index contributed by atoms with van der Waals surface area (Å²) in [6, 6.07) is 8.55. The van der Waals surface area contributed by atoms with Gasteiger partial charge in [0.05, 0.1) is 0 Å². The number of amides is 1. The van der Waals surface area contributed by atoms with Gasteiger partial charge in [-0.25, -0.2) is 0 Å². The third kappa shape index (κ3) is 1.84. The molecule has 2 aliphatic heterocycles. The number of fused-ring (bicyclic) bond motifs is 1. The lowest BCUT2D eigenvalue weighted by atomic mass is 10.0. The third-order valence-corrected chi connectivity index (χ3v) is 3.88. The minimum Gasteiger partial charge on any atom is -0.337 e. The van der Waals surface area contributed by atoms with Crippen LogP contribution in [0.3, 0.4) is 0 Å². The van der Waals surface area contributed by atoms with Crippen molar-refractivity contribution >= 4 is 5.91 Å². The molecular weight excluding hydrogens is 212 g/mol. The average molecular weight is 230 g/mol. The topological polar surface area (TPSA) is 32.3 Å². The van der Waals surface area contributed by atoms with Gasteiger partial charge < -0.3 is 10.2 Å². The molecule has 0 spiro atoms. The van der Waals surface area contributed by atoms with E-state index in [1.807, 2.05) is 0 Å². The Kier molecular flexibility index (Phi) is 2.63. The van der Waals surface area contributed by atoms with Crippen LogP contribution < -0.4 is 5.32 Å². The predicted molar refractivity (Wildman–Crippen MR) is 66.7 cm³/mol. The fourth-order valence-electron chi connectivity index (χ4n) is 2.86. The summed E-state index contributed by atoms with van der Waals surface area (Å²) in [6.45, 7) is 3.94. The molecule has 3 heteroatoms. The normalized spacial score (nSPS) is 28.3. The zero-order valence-corrected chi connectivity index (χ0v) is 10.1. The molecular formula is C14H18N2O. The van der Waals surface area contributed by atoms with E-state index in [1.165, 1.54) is 5.56 Å². The summed E-state index contributed by atoms with van der Waals surface area (Å²) in [5.74, 6) is 0.252. The molecule has 0 bridgehead atoms. The highest BCUT2D eigenvalue weighted by atomic mass is 16.2. The Morgan fingerprint density at radius 3 is 2.82 bits per heavy atom. The van der Waals surface area contributed by atoms with Crippen molar-refractivity contribution in [3.63, 3.8) is 0 Å². The van der Waals surface area contributed by atoms with E-state index in [4.69, 9.17) is 0 Å². The molecule has 3 rings (SSSR count). The Morgan fingerprint density at radius 1 is 1.29 bits per heavy atom. The number of nitrogens with one attached hydrogen (secondary N) is 1. The first kappa shape index (κ1) is 10.8. The molecule has 1 aromatic rings. The molecule has 2 heterocycles. The van der Waals surface area contributed by atoms with E-state index in [0.29, 0.717) is 6.04 Å². The first-order chi connectivity index (χ1) is 8.25. The van der Waals surface area contributed by atoms with Gasteiger partial charge in [-0.2, -0.15) is 0 Å². The van der Waals surface area contributed by atoms with E-state index in [0.717, 1.165) is 31.5 Å². The second-order valence-corrected chi connectivity index (χ2v) is 5.08. The summed E-state index contributed by atoms with van der Waals surface area (Å²) in [7, 11) is 0. The molecule has 3 nitrogen and oxygen atoms in total. The van der Waals surface area contributed by atoms with Crippen LogP contribution in [0.25, 0.3) is 0 Å². The third-order valence-electron chi connectivity index (χ3n) is 3.88. The predicted octanol–water partition coefficient (Wildman–Crippen LogP) is 1.63. The van der Waals surface area contributed by atoms with E-state index >= 15 is 0 Å².